The number of amides is 1. The van der Waals surface area contributed by atoms with Crippen LogP contribution in [0, 0.1) is 12.8 Å². The number of likely N-dealkylation sites (tertiary alicyclic amines) is 1. The Balaban J connectivity index is 1.70. The van der Waals surface area contributed by atoms with Crippen LogP contribution in [-0.4, -0.2) is 41.5 Å². The average Bonchev–Trinajstić information content (AvgIpc) is 3.03. The predicted octanol–water partition coefficient (Wildman–Crippen LogP) is 4.19. The van der Waals surface area contributed by atoms with Crippen LogP contribution in [0.5, 0.6) is 0 Å². The monoisotopic (exact) mass is 392 g/mol. The van der Waals surface area contributed by atoms with E-state index in [9.17, 15) is 9.59 Å². The summed E-state index contributed by atoms with van der Waals surface area (Å²) in [4.78, 5) is 31.7. The first-order chi connectivity index (χ1) is 12.5. The number of hydrogen-bond acceptors (Lipinski definition) is 5. The molecule has 0 atom stereocenters. The van der Waals surface area contributed by atoms with Gasteiger partial charge in [-0.3, -0.25) is 9.59 Å². The molecule has 1 aliphatic heterocycles. The van der Waals surface area contributed by atoms with Gasteiger partial charge in [-0.25, -0.2) is 4.98 Å². The minimum absolute atomic E-state index is 0.0180. The Morgan fingerprint density at radius 3 is 2.73 bits per heavy atom. The Bertz CT molecular complexity index is 813. The second kappa shape index (κ2) is 8.18. The Morgan fingerprint density at radius 2 is 2.08 bits per heavy atom. The first-order valence-electron chi connectivity index (χ1n) is 8.69. The van der Waals surface area contributed by atoms with E-state index in [-0.39, 0.29) is 17.8 Å². The summed E-state index contributed by atoms with van der Waals surface area (Å²) in [5.41, 5.74) is 1.63. The van der Waals surface area contributed by atoms with E-state index >= 15 is 0 Å². The van der Waals surface area contributed by atoms with Gasteiger partial charge in [0.25, 0.3) is 5.91 Å². The summed E-state index contributed by atoms with van der Waals surface area (Å²) in [6, 6.07) is 7.46. The van der Waals surface area contributed by atoms with Gasteiger partial charge in [0, 0.05) is 23.7 Å². The van der Waals surface area contributed by atoms with Crippen LogP contribution in [0.15, 0.2) is 24.3 Å². The second-order valence-corrected chi connectivity index (χ2v) is 7.70. The standard InChI is InChI=1S/C19H21ClN2O3S/c1-3-25-19(24)13-7-9-22(10-8-13)18(23)16-12(2)21-17(26-16)14-5-4-6-15(20)11-14/h4-6,11,13H,3,7-10H2,1-2H3. The number of ether oxygens (including phenoxy) is 1. The lowest BCUT2D eigenvalue weighted by Crippen LogP contribution is -2.40. The van der Waals surface area contributed by atoms with Crippen LogP contribution in [0.3, 0.4) is 0 Å². The van der Waals surface area contributed by atoms with Crippen molar-refractivity contribution in [2.24, 2.45) is 5.92 Å². The summed E-state index contributed by atoms with van der Waals surface area (Å²) in [5.74, 6) is -0.282. The van der Waals surface area contributed by atoms with E-state index in [0.29, 0.717) is 42.4 Å². The fourth-order valence-electron chi connectivity index (χ4n) is 3.06. The fraction of sp³-hybridized carbons (Fsp3) is 0.421. The number of esters is 1. The van der Waals surface area contributed by atoms with Gasteiger partial charge >= 0.3 is 5.97 Å². The molecule has 7 heteroatoms. The number of halogens is 1. The first kappa shape index (κ1) is 18.9. The van der Waals surface area contributed by atoms with E-state index in [1.807, 2.05) is 31.2 Å². The highest BCUT2D eigenvalue weighted by molar-refractivity contribution is 7.17. The maximum Gasteiger partial charge on any atom is 0.309 e. The summed E-state index contributed by atoms with van der Waals surface area (Å²) < 4.78 is 5.08. The van der Waals surface area contributed by atoms with Crippen LogP contribution in [0.2, 0.25) is 5.02 Å². The highest BCUT2D eigenvalue weighted by Crippen LogP contribution is 2.31. The van der Waals surface area contributed by atoms with Crippen LogP contribution >= 0.6 is 22.9 Å². The average molecular weight is 393 g/mol. The predicted molar refractivity (Wildman–Crippen MR) is 103 cm³/mol. The van der Waals surface area contributed by atoms with Gasteiger partial charge in [0.1, 0.15) is 9.88 Å². The molecular formula is C19H21ClN2O3S. The van der Waals surface area contributed by atoms with Crippen molar-refractivity contribution in [3.05, 3.63) is 39.9 Å². The lowest BCUT2D eigenvalue weighted by atomic mass is 9.97. The molecule has 1 aromatic carbocycles. The van der Waals surface area contributed by atoms with Crippen molar-refractivity contribution in [1.82, 2.24) is 9.88 Å². The van der Waals surface area contributed by atoms with Gasteiger partial charge in [-0.05, 0) is 38.8 Å². The Kier molecular flexibility index (Phi) is 5.94. The minimum Gasteiger partial charge on any atom is -0.466 e. The van der Waals surface area contributed by atoms with Crippen LogP contribution in [0.25, 0.3) is 10.6 Å². The molecule has 1 aliphatic rings. The van der Waals surface area contributed by atoms with Crippen LogP contribution in [0.1, 0.15) is 35.1 Å². The van der Waals surface area contributed by atoms with Crippen molar-refractivity contribution >= 4 is 34.8 Å². The smallest absolute Gasteiger partial charge is 0.309 e. The van der Waals surface area contributed by atoms with Crippen LogP contribution in [-0.2, 0) is 9.53 Å². The Hall–Kier alpha value is -1.92. The zero-order valence-corrected chi connectivity index (χ0v) is 16.4. The second-order valence-electron chi connectivity index (χ2n) is 6.26. The highest BCUT2D eigenvalue weighted by atomic mass is 35.5. The van der Waals surface area contributed by atoms with Gasteiger partial charge in [-0.2, -0.15) is 0 Å². The van der Waals surface area contributed by atoms with Crippen molar-refractivity contribution in [3.8, 4) is 10.6 Å². The molecule has 0 unspecified atom stereocenters. The van der Waals surface area contributed by atoms with Crippen molar-refractivity contribution in [1.29, 1.82) is 0 Å². The molecule has 1 fully saturated rings. The van der Waals surface area contributed by atoms with Gasteiger partial charge in [0.2, 0.25) is 0 Å². The largest absolute Gasteiger partial charge is 0.466 e. The number of carbonyl (C=O) groups excluding carboxylic acids is 2. The molecule has 0 N–H and O–H groups in total. The fourth-order valence-corrected chi connectivity index (χ4v) is 4.28. The third-order valence-electron chi connectivity index (χ3n) is 4.46. The van der Waals surface area contributed by atoms with E-state index in [2.05, 4.69) is 4.98 Å². The molecule has 138 valence electrons. The molecule has 2 heterocycles. The molecule has 3 rings (SSSR count). The number of piperidine rings is 1. The normalized spacial score (nSPS) is 15.1. The quantitative estimate of drug-likeness (QED) is 0.732. The number of nitrogens with zero attached hydrogens (tertiary/aromatic N) is 2. The number of carbonyl (C=O) groups is 2. The summed E-state index contributed by atoms with van der Waals surface area (Å²) in [6.07, 6.45) is 1.28. The number of rotatable bonds is 4. The maximum atomic E-state index is 12.9. The zero-order chi connectivity index (χ0) is 18.7. The van der Waals surface area contributed by atoms with Gasteiger partial charge in [-0.15, -0.1) is 11.3 Å². The van der Waals surface area contributed by atoms with Gasteiger partial charge < -0.3 is 9.64 Å². The molecule has 0 radical (unpaired) electrons. The third kappa shape index (κ3) is 4.07. The topological polar surface area (TPSA) is 59.5 Å². The van der Waals surface area contributed by atoms with E-state index in [1.54, 1.807) is 11.8 Å². The number of thiazole rings is 1. The van der Waals surface area contributed by atoms with Gasteiger partial charge in [0.05, 0.1) is 18.2 Å². The molecule has 5 nitrogen and oxygen atoms in total. The molecule has 1 aromatic heterocycles. The van der Waals surface area contributed by atoms with Gasteiger partial charge in [-0.1, -0.05) is 23.7 Å². The van der Waals surface area contributed by atoms with Crippen molar-refractivity contribution in [2.75, 3.05) is 19.7 Å². The van der Waals surface area contributed by atoms with E-state index in [4.69, 9.17) is 16.3 Å². The lowest BCUT2D eigenvalue weighted by molar-refractivity contribution is -0.149. The SMILES string of the molecule is CCOC(=O)C1CCN(C(=O)c2sc(-c3cccc(Cl)c3)nc2C)CC1. The van der Waals surface area contributed by atoms with E-state index in [0.717, 1.165) is 16.3 Å². The van der Waals surface area contributed by atoms with Crippen molar-refractivity contribution < 1.29 is 14.3 Å². The molecule has 0 spiro atoms. The Morgan fingerprint density at radius 1 is 1.35 bits per heavy atom. The number of aromatic nitrogens is 1. The summed E-state index contributed by atoms with van der Waals surface area (Å²) >= 11 is 7.44. The summed E-state index contributed by atoms with van der Waals surface area (Å²) in [5, 5.41) is 1.43. The minimum atomic E-state index is -0.156. The van der Waals surface area contributed by atoms with Crippen molar-refractivity contribution in [2.45, 2.75) is 26.7 Å². The number of aryl methyl sites for hydroxylation is 1. The van der Waals surface area contributed by atoms with Crippen LogP contribution in [0.4, 0.5) is 0 Å². The summed E-state index contributed by atoms with van der Waals surface area (Å²) in [7, 11) is 0. The molecule has 0 bridgehead atoms. The Labute approximate surface area is 161 Å². The van der Waals surface area contributed by atoms with E-state index < -0.39 is 0 Å². The number of hydrogen-bond donors (Lipinski definition) is 0. The molecule has 2 aromatic rings. The maximum absolute atomic E-state index is 12.9. The molecule has 1 saturated heterocycles. The molecular weight excluding hydrogens is 372 g/mol. The first-order valence-corrected chi connectivity index (χ1v) is 9.88. The van der Waals surface area contributed by atoms with Gasteiger partial charge in [0.15, 0.2) is 0 Å². The molecule has 26 heavy (non-hydrogen) atoms. The third-order valence-corrected chi connectivity index (χ3v) is 5.89. The molecule has 0 aliphatic carbocycles. The van der Waals surface area contributed by atoms with Crippen molar-refractivity contribution in [3.63, 3.8) is 0 Å². The van der Waals surface area contributed by atoms with E-state index in [1.165, 1.54) is 11.3 Å². The molecule has 1 amide bonds. The highest BCUT2D eigenvalue weighted by Gasteiger charge is 2.30. The lowest BCUT2D eigenvalue weighted by Gasteiger charge is -2.30. The van der Waals surface area contributed by atoms with Crippen LogP contribution < -0.4 is 0 Å². The number of benzene rings is 1. The molecule has 0 saturated carbocycles. The summed E-state index contributed by atoms with van der Waals surface area (Å²) in [6.45, 7) is 5.17. The zero-order valence-electron chi connectivity index (χ0n) is 14.8.